The fourth-order valence-electron chi connectivity index (χ4n) is 2.71. The van der Waals surface area contributed by atoms with Crippen molar-refractivity contribution in [3.63, 3.8) is 0 Å². The molecule has 0 saturated heterocycles. The molecule has 0 aliphatic carbocycles. The van der Waals surface area contributed by atoms with Crippen LogP contribution in [-0.4, -0.2) is 17.3 Å². The summed E-state index contributed by atoms with van der Waals surface area (Å²) in [7, 11) is 0. The van der Waals surface area contributed by atoms with Crippen molar-refractivity contribution in [1.82, 2.24) is 4.98 Å². The summed E-state index contributed by atoms with van der Waals surface area (Å²) in [5.74, 6) is -0.906. The summed E-state index contributed by atoms with van der Waals surface area (Å²) in [6.45, 7) is 1.94. The molecule has 0 fully saturated rings. The molecule has 1 amide bonds. The minimum absolute atomic E-state index is 0.167. The fraction of sp³-hybridized carbons (Fsp3) is 0.158. The average molecular weight is 376 g/mol. The molecular weight excluding hydrogens is 361 g/mol. The monoisotopic (exact) mass is 376 g/mol. The predicted molar refractivity (Wildman–Crippen MR) is 95.0 cm³/mol. The number of carbonyl (C=O) groups excluding carboxylic acids is 1. The lowest BCUT2D eigenvalue weighted by atomic mass is 10.1. The molecule has 0 radical (unpaired) electrons. The SMILES string of the molecule is CCc1cc(=O)[nH]c2cc(NC(=O)c3ccc(OC(F)(F)F)cc3)ccc12. The highest BCUT2D eigenvalue weighted by Gasteiger charge is 2.31. The summed E-state index contributed by atoms with van der Waals surface area (Å²) in [5.41, 5.74) is 1.87. The van der Waals surface area contributed by atoms with Gasteiger partial charge in [-0.15, -0.1) is 13.2 Å². The maximum atomic E-state index is 12.3. The van der Waals surface area contributed by atoms with Gasteiger partial charge in [0.1, 0.15) is 5.75 Å². The molecule has 5 nitrogen and oxygen atoms in total. The number of aromatic amines is 1. The third-order valence-electron chi connectivity index (χ3n) is 3.92. The minimum atomic E-state index is -4.79. The second kappa shape index (κ2) is 7.14. The van der Waals surface area contributed by atoms with E-state index in [0.29, 0.717) is 17.6 Å². The van der Waals surface area contributed by atoms with Crippen molar-refractivity contribution < 1.29 is 22.7 Å². The largest absolute Gasteiger partial charge is 0.573 e. The van der Waals surface area contributed by atoms with Gasteiger partial charge in [-0.05, 0) is 48.4 Å². The molecule has 2 N–H and O–H groups in total. The van der Waals surface area contributed by atoms with Crippen LogP contribution >= 0.6 is 0 Å². The Morgan fingerprint density at radius 1 is 1.11 bits per heavy atom. The molecule has 0 aliphatic rings. The average Bonchev–Trinajstić information content (AvgIpc) is 2.59. The zero-order valence-electron chi connectivity index (χ0n) is 14.2. The third kappa shape index (κ3) is 4.46. The lowest BCUT2D eigenvalue weighted by Crippen LogP contribution is -2.17. The van der Waals surface area contributed by atoms with E-state index in [1.54, 1.807) is 18.2 Å². The predicted octanol–water partition coefficient (Wildman–Crippen LogP) is 4.24. The van der Waals surface area contributed by atoms with Crippen molar-refractivity contribution in [3.05, 3.63) is 70.0 Å². The van der Waals surface area contributed by atoms with E-state index in [0.717, 1.165) is 23.1 Å². The van der Waals surface area contributed by atoms with E-state index in [-0.39, 0.29) is 11.1 Å². The maximum Gasteiger partial charge on any atom is 0.573 e. The Morgan fingerprint density at radius 3 is 2.44 bits per heavy atom. The minimum Gasteiger partial charge on any atom is -0.406 e. The van der Waals surface area contributed by atoms with Crippen molar-refractivity contribution in [2.24, 2.45) is 0 Å². The van der Waals surface area contributed by atoms with Crippen molar-refractivity contribution >= 4 is 22.5 Å². The number of halogens is 3. The molecule has 1 aromatic heterocycles. The zero-order chi connectivity index (χ0) is 19.6. The number of fused-ring (bicyclic) bond motifs is 1. The number of ether oxygens (including phenoxy) is 1. The molecule has 0 spiro atoms. The standard InChI is InChI=1S/C19H15F3N2O3/c1-2-11-9-17(25)24-16-10-13(5-8-15(11)16)23-18(26)12-3-6-14(7-4-12)27-19(20,21)22/h3-10H,2H2,1H3,(H,23,26)(H,24,25). The molecule has 140 valence electrons. The van der Waals surface area contributed by atoms with E-state index in [2.05, 4.69) is 15.0 Å². The summed E-state index contributed by atoms with van der Waals surface area (Å²) in [4.78, 5) is 26.7. The molecule has 0 unspecified atom stereocenters. The molecule has 1 heterocycles. The molecule has 3 rings (SSSR count). The van der Waals surface area contributed by atoms with Gasteiger partial charge in [0.25, 0.3) is 5.91 Å². The Hall–Kier alpha value is -3.29. The smallest absolute Gasteiger partial charge is 0.406 e. The number of aryl methyl sites for hydroxylation is 1. The Balaban J connectivity index is 1.80. The molecule has 3 aromatic rings. The van der Waals surface area contributed by atoms with Gasteiger partial charge in [-0.1, -0.05) is 13.0 Å². The number of alkyl halides is 3. The first-order valence-electron chi connectivity index (χ1n) is 8.08. The number of carbonyl (C=O) groups is 1. The number of aromatic nitrogens is 1. The maximum absolute atomic E-state index is 12.3. The molecule has 27 heavy (non-hydrogen) atoms. The van der Waals surface area contributed by atoms with Crippen LogP contribution in [0.1, 0.15) is 22.8 Å². The highest BCUT2D eigenvalue weighted by atomic mass is 19.4. The lowest BCUT2D eigenvalue weighted by molar-refractivity contribution is -0.274. The highest BCUT2D eigenvalue weighted by Crippen LogP contribution is 2.24. The summed E-state index contributed by atoms with van der Waals surface area (Å²) in [5, 5.41) is 3.53. The van der Waals surface area contributed by atoms with Crippen LogP contribution in [0.5, 0.6) is 5.75 Å². The van der Waals surface area contributed by atoms with Crippen LogP contribution in [0.25, 0.3) is 10.9 Å². The Kier molecular flexibility index (Phi) is 4.89. The molecular formula is C19H15F3N2O3. The number of nitrogens with one attached hydrogen (secondary N) is 2. The van der Waals surface area contributed by atoms with Gasteiger partial charge in [-0.2, -0.15) is 0 Å². The van der Waals surface area contributed by atoms with Crippen LogP contribution in [0.2, 0.25) is 0 Å². The van der Waals surface area contributed by atoms with Crippen molar-refractivity contribution in [1.29, 1.82) is 0 Å². The second-order valence-corrected chi connectivity index (χ2v) is 5.80. The van der Waals surface area contributed by atoms with Gasteiger partial charge < -0.3 is 15.0 Å². The van der Waals surface area contributed by atoms with Crippen LogP contribution < -0.4 is 15.6 Å². The molecule has 0 saturated carbocycles. The Labute approximate surface area is 151 Å². The summed E-state index contributed by atoms with van der Waals surface area (Å²) < 4.78 is 40.3. The molecule has 0 atom stereocenters. The van der Waals surface area contributed by atoms with E-state index >= 15 is 0 Å². The second-order valence-electron chi connectivity index (χ2n) is 5.80. The van der Waals surface area contributed by atoms with E-state index in [1.165, 1.54) is 18.2 Å². The van der Waals surface area contributed by atoms with E-state index in [9.17, 15) is 22.8 Å². The molecule has 2 aromatic carbocycles. The highest BCUT2D eigenvalue weighted by molar-refractivity contribution is 6.05. The Bertz CT molecular complexity index is 1040. The van der Waals surface area contributed by atoms with E-state index < -0.39 is 18.0 Å². The molecule has 8 heteroatoms. The number of rotatable bonds is 4. The lowest BCUT2D eigenvalue weighted by Gasteiger charge is -2.10. The Morgan fingerprint density at radius 2 is 1.81 bits per heavy atom. The van der Waals surface area contributed by atoms with Crippen LogP contribution in [0.3, 0.4) is 0 Å². The number of benzene rings is 2. The van der Waals surface area contributed by atoms with Crippen LogP contribution in [-0.2, 0) is 6.42 Å². The first-order chi connectivity index (χ1) is 12.7. The quantitative estimate of drug-likeness (QED) is 0.715. The summed E-state index contributed by atoms with van der Waals surface area (Å²) in [6.07, 6.45) is -4.10. The summed E-state index contributed by atoms with van der Waals surface area (Å²) >= 11 is 0. The number of hydrogen-bond donors (Lipinski definition) is 2. The van der Waals surface area contributed by atoms with E-state index in [4.69, 9.17) is 0 Å². The first-order valence-corrected chi connectivity index (χ1v) is 8.08. The van der Waals surface area contributed by atoms with Crippen LogP contribution in [0.4, 0.5) is 18.9 Å². The van der Waals surface area contributed by atoms with Crippen molar-refractivity contribution in [2.45, 2.75) is 19.7 Å². The molecule has 0 aliphatic heterocycles. The first kappa shape index (κ1) is 18.5. The number of anilines is 1. The number of hydrogen-bond acceptors (Lipinski definition) is 3. The van der Waals surface area contributed by atoms with E-state index in [1.807, 2.05) is 6.92 Å². The normalized spacial score (nSPS) is 11.4. The van der Waals surface area contributed by atoms with Crippen molar-refractivity contribution in [2.75, 3.05) is 5.32 Å². The van der Waals surface area contributed by atoms with Crippen molar-refractivity contribution in [3.8, 4) is 5.75 Å². The third-order valence-corrected chi connectivity index (χ3v) is 3.92. The number of pyridine rings is 1. The van der Waals surface area contributed by atoms with Crippen LogP contribution in [0.15, 0.2) is 53.3 Å². The van der Waals surface area contributed by atoms with Gasteiger partial charge in [0, 0.05) is 22.7 Å². The van der Waals surface area contributed by atoms with Gasteiger partial charge in [0.2, 0.25) is 5.56 Å². The van der Waals surface area contributed by atoms with Gasteiger partial charge in [0.05, 0.1) is 5.52 Å². The molecule has 0 bridgehead atoms. The topological polar surface area (TPSA) is 71.2 Å². The number of H-pyrrole nitrogens is 1. The van der Waals surface area contributed by atoms with Gasteiger partial charge in [-0.3, -0.25) is 9.59 Å². The van der Waals surface area contributed by atoms with Crippen LogP contribution in [0, 0.1) is 0 Å². The van der Waals surface area contributed by atoms with Gasteiger partial charge in [-0.25, -0.2) is 0 Å². The fourth-order valence-corrected chi connectivity index (χ4v) is 2.71. The van der Waals surface area contributed by atoms with Gasteiger partial charge in [0.15, 0.2) is 0 Å². The van der Waals surface area contributed by atoms with Gasteiger partial charge >= 0.3 is 6.36 Å². The summed E-state index contributed by atoms with van der Waals surface area (Å²) in [6, 6.07) is 11.2. The number of amides is 1. The zero-order valence-corrected chi connectivity index (χ0v) is 14.2.